The predicted molar refractivity (Wildman–Crippen MR) is 58.2 cm³/mol. The Labute approximate surface area is 87.2 Å². The summed E-state index contributed by atoms with van der Waals surface area (Å²) in [6.07, 6.45) is 6.53. The van der Waals surface area contributed by atoms with Gasteiger partial charge in [0.25, 0.3) is 0 Å². The first kappa shape index (κ1) is 13.4. The molecule has 0 bridgehead atoms. The van der Waals surface area contributed by atoms with Gasteiger partial charge < -0.3 is 10.1 Å². The molecule has 0 aliphatic heterocycles. The maximum Gasteiger partial charge on any atom is 0.307 e. The number of hydrogen-bond donors (Lipinski definition) is 1. The second-order valence-electron chi connectivity index (χ2n) is 3.62. The highest BCUT2D eigenvalue weighted by atomic mass is 16.5. The van der Waals surface area contributed by atoms with E-state index in [-0.39, 0.29) is 12.0 Å². The Bertz CT molecular complexity index is 148. The van der Waals surface area contributed by atoms with Gasteiger partial charge in [0.1, 0.15) is 0 Å². The molecule has 3 nitrogen and oxygen atoms in total. The smallest absolute Gasteiger partial charge is 0.307 e. The summed E-state index contributed by atoms with van der Waals surface area (Å²) >= 11 is 0. The van der Waals surface area contributed by atoms with Crippen molar-refractivity contribution in [3.63, 3.8) is 0 Å². The van der Waals surface area contributed by atoms with Crippen molar-refractivity contribution in [2.75, 3.05) is 14.2 Å². The lowest BCUT2D eigenvalue weighted by Gasteiger charge is -2.14. The molecule has 14 heavy (non-hydrogen) atoms. The third kappa shape index (κ3) is 6.89. The first-order valence-electron chi connectivity index (χ1n) is 5.48. The van der Waals surface area contributed by atoms with Crippen molar-refractivity contribution in [1.29, 1.82) is 0 Å². The minimum Gasteiger partial charge on any atom is -0.469 e. The number of carbonyl (C=O) groups is 1. The van der Waals surface area contributed by atoms with Crippen molar-refractivity contribution in [3.8, 4) is 0 Å². The molecule has 0 saturated heterocycles. The van der Waals surface area contributed by atoms with Crippen LogP contribution < -0.4 is 5.32 Å². The zero-order chi connectivity index (χ0) is 10.8. The zero-order valence-electron chi connectivity index (χ0n) is 9.64. The van der Waals surface area contributed by atoms with Crippen molar-refractivity contribution < 1.29 is 9.53 Å². The summed E-state index contributed by atoms with van der Waals surface area (Å²) in [6.45, 7) is 2.20. The molecule has 0 aromatic heterocycles. The van der Waals surface area contributed by atoms with Gasteiger partial charge in [0.15, 0.2) is 0 Å². The summed E-state index contributed by atoms with van der Waals surface area (Å²) < 4.78 is 4.63. The molecular weight excluding hydrogens is 178 g/mol. The molecule has 3 heteroatoms. The van der Waals surface area contributed by atoms with Gasteiger partial charge in [-0.25, -0.2) is 0 Å². The van der Waals surface area contributed by atoms with E-state index in [4.69, 9.17) is 0 Å². The van der Waals surface area contributed by atoms with E-state index in [9.17, 15) is 4.79 Å². The number of hydrogen-bond acceptors (Lipinski definition) is 3. The molecule has 1 unspecified atom stereocenters. The third-order valence-electron chi connectivity index (χ3n) is 2.46. The molecule has 0 aliphatic rings. The number of ether oxygens (including phenoxy) is 1. The summed E-state index contributed by atoms with van der Waals surface area (Å²) in [6, 6.07) is 0.277. The summed E-state index contributed by atoms with van der Waals surface area (Å²) in [5, 5.41) is 3.14. The van der Waals surface area contributed by atoms with E-state index in [0.29, 0.717) is 6.42 Å². The fourth-order valence-electron chi connectivity index (χ4n) is 1.45. The Kier molecular flexibility index (Phi) is 8.64. The summed E-state index contributed by atoms with van der Waals surface area (Å²) in [7, 11) is 3.33. The maximum absolute atomic E-state index is 11.0. The van der Waals surface area contributed by atoms with Crippen LogP contribution in [0.2, 0.25) is 0 Å². The van der Waals surface area contributed by atoms with Gasteiger partial charge in [-0.15, -0.1) is 0 Å². The van der Waals surface area contributed by atoms with E-state index in [2.05, 4.69) is 17.0 Å². The van der Waals surface area contributed by atoms with Gasteiger partial charge in [0, 0.05) is 6.04 Å². The average molecular weight is 201 g/mol. The lowest BCUT2D eigenvalue weighted by Crippen LogP contribution is -2.28. The number of methoxy groups -OCH3 is 1. The van der Waals surface area contributed by atoms with Crippen LogP contribution in [0.25, 0.3) is 0 Å². The number of rotatable bonds is 8. The Morgan fingerprint density at radius 2 is 2.07 bits per heavy atom. The summed E-state index contributed by atoms with van der Waals surface area (Å²) in [5.74, 6) is -0.125. The van der Waals surface area contributed by atoms with Crippen LogP contribution in [0.4, 0.5) is 0 Å². The molecule has 1 N–H and O–H groups in total. The highest BCUT2D eigenvalue weighted by Crippen LogP contribution is 2.08. The Hall–Kier alpha value is -0.570. The standard InChI is InChI=1S/C11H23NO2/c1-4-5-6-7-8-10(12-2)9-11(13)14-3/h10,12H,4-9H2,1-3H3. The molecule has 0 aromatic carbocycles. The quantitative estimate of drug-likeness (QED) is 0.483. The second-order valence-corrected chi connectivity index (χ2v) is 3.62. The first-order valence-corrected chi connectivity index (χ1v) is 5.48. The van der Waals surface area contributed by atoms with Crippen molar-refractivity contribution in [2.45, 2.75) is 51.5 Å². The molecule has 0 aromatic rings. The number of carbonyl (C=O) groups excluding carboxylic acids is 1. The van der Waals surface area contributed by atoms with Crippen molar-refractivity contribution >= 4 is 5.97 Å². The van der Waals surface area contributed by atoms with Crippen LogP contribution in [-0.4, -0.2) is 26.2 Å². The van der Waals surface area contributed by atoms with Crippen molar-refractivity contribution in [3.05, 3.63) is 0 Å². The fraction of sp³-hybridized carbons (Fsp3) is 0.909. The first-order chi connectivity index (χ1) is 6.74. The minimum absolute atomic E-state index is 0.125. The number of esters is 1. The molecular formula is C11H23NO2. The summed E-state index contributed by atoms with van der Waals surface area (Å²) in [5.41, 5.74) is 0. The molecule has 0 heterocycles. The number of unbranched alkanes of at least 4 members (excludes halogenated alkanes) is 3. The lowest BCUT2D eigenvalue weighted by molar-refractivity contribution is -0.141. The Morgan fingerprint density at radius 1 is 1.36 bits per heavy atom. The molecule has 0 saturated carbocycles. The summed E-state index contributed by atoms with van der Waals surface area (Å²) in [4.78, 5) is 11.0. The minimum atomic E-state index is -0.125. The fourth-order valence-corrected chi connectivity index (χ4v) is 1.45. The molecule has 0 fully saturated rings. The highest BCUT2D eigenvalue weighted by Gasteiger charge is 2.11. The van der Waals surface area contributed by atoms with E-state index in [1.165, 1.54) is 32.8 Å². The van der Waals surface area contributed by atoms with Gasteiger partial charge in [-0.2, -0.15) is 0 Å². The predicted octanol–water partition coefficient (Wildman–Crippen LogP) is 2.11. The van der Waals surface area contributed by atoms with Crippen molar-refractivity contribution in [1.82, 2.24) is 5.32 Å². The van der Waals surface area contributed by atoms with Crippen LogP contribution in [0, 0.1) is 0 Å². The van der Waals surface area contributed by atoms with E-state index in [0.717, 1.165) is 6.42 Å². The van der Waals surface area contributed by atoms with Gasteiger partial charge in [0.2, 0.25) is 0 Å². The van der Waals surface area contributed by atoms with Crippen LogP contribution in [0.5, 0.6) is 0 Å². The van der Waals surface area contributed by atoms with E-state index >= 15 is 0 Å². The van der Waals surface area contributed by atoms with E-state index in [1.54, 1.807) is 0 Å². The van der Waals surface area contributed by atoms with Gasteiger partial charge in [-0.3, -0.25) is 4.79 Å². The van der Waals surface area contributed by atoms with Crippen LogP contribution in [0.3, 0.4) is 0 Å². The van der Waals surface area contributed by atoms with Gasteiger partial charge in [-0.05, 0) is 13.5 Å². The van der Waals surface area contributed by atoms with Crippen molar-refractivity contribution in [2.24, 2.45) is 0 Å². The van der Waals surface area contributed by atoms with E-state index < -0.39 is 0 Å². The molecule has 0 amide bonds. The Morgan fingerprint density at radius 3 is 2.57 bits per heavy atom. The van der Waals surface area contributed by atoms with E-state index in [1.807, 2.05) is 7.05 Å². The molecule has 0 radical (unpaired) electrons. The molecule has 84 valence electrons. The molecule has 0 aliphatic carbocycles. The largest absolute Gasteiger partial charge is 0.469 e. The SMILES string of the molecule is CCCCCCC(CC(=O)OC)NC. The second kappa shape index (κ2) is 9.00. The molecule has 1 atom stereocenters. The normalized spacial score (nSPS) is 12.5. The highest BCUT2D eigenvalue weighted by molar-refractivity contribution is 5.69. The lowest BCUT2D eigenvalue weighted by atomic mass is 10.1. The zero-order valence-corrected chi connectivity index (χ0v) is 9.64. The van der Waals surface area contributed by atoms with Gasteiger partial charge >= 0.3 is 5.97 Å². The number of nitrogens with one attached hydrogen (secondary N) is 1. The van der Waals surface area contributed by atoms with Gasteiger partial charge in [0.05, 0.1) is 13.5 Å². The average Bonchev–Trinajstić information content (AvgIpc) is 2.22. The Balaban J connectivity index is 3.52. The van der Waals surface area contributed by atoms with Gasteiger partial charge in [-0.1, -0.05) is 32.6 Å². The monoisotopic (exact) mass is 201 g/mol. The third-order valence-corrected chi connectivity index (χ3v) is 2.46. The topological polar surface area (TPSA) is 38.3 Å². The van der Waals surface area contributed by atoms with Crippen LogP contribution in [0.15, 0.2) is 0 Å². The van der Waals surface area contributed by atoms with Crippen LogP contribution in [0.1, 0.15) is 45.4 Å². The van der Waals surface area contributed by atoms with Crippen LogP contribution >= 0.6 is 0 Å². The molecule has 0 spiro atoms. The van der Waals surface area contributed by atoms with Crippen LogP contribution in [-0.2, 0) is 9.53 Å². The molecule has 0 rings (SSSR count). The maximum atomic E-state index is 11.0.